The Morgan fingerprint density at radius 1 is 1.89 bits per heavy atom. The van der Waals surface area contributed by atoms with Crippen LogP contribution in [0.4, 0.5) is 0 Å². The van der Waals surface area contributed by atoms with Crippen molar-refractivity contribution in [2.24, 2.45) is 0 Å². The maximum absolute atomic E-state index is 8.56. The second-order valence-electron chi connectivity index (χ2n) is 1.74. The fourth-order valence-electron chi connectivity index (χ4n) is 0.640. The molecular weight excluding hydrogens is 136 g/mol. The van der Waals surface area contributed by atoms with E-state index < -0.39 is 0 Å². The van der Waals surface area contributed by atoms with E-state index in [1.165, 1.54) is 0 Å². The van der Waals surface area contributed by atoms with Crippen LogP contribution in [-0.2, 0) is 4.74 Å². The maximum Gasteiger partial charge on any atom is 0.128 e. The number of hydrogen-bond acceptors (Lipinski definition) is 3. The van der Waals surface area contributed by atoms with Gasteiger partial charge in [-0.15, -0.1) is 18.2 Å². The summed E-state index contributed by atoms with van der Waals surface area (Å²) in [6.07, 6.45) is 4.99. The zero-order valence-corrected chi connectivity index (χ0v) is 5.73. The van der Waals surface area contributed by atoms with Gasteiger partial charge in [-0.2, -0.15) is 0 Å². The third-order valence-corrected chi connectivity index (χ3v) is 2.21. The highest BCUT2D eigenvalue weighted by Gasteiger charge is 2.22. The number of terminal acetylenes is 1. The highest BCUT2D eigenvalue weighted by atomic mass is 32.2. The quantitative estimate of drug-likeness (QED) is 0.528. The second-order valence-corrected chi connectivity index (χ2v) is 2.93. The Morgan fingerprint density at radius 3 is 3.00 bits per heavy atom. The molecule has 9 heavy (non-hydrogen) atoms. The van der Waals surface area contributed by atoms with Crippen molar-refractivity contribution < 1.29 is 9.84 Å². The third kappa shape index (κ3) is 1.62. The lowest BCUT2D eigenvalue weighted by Crippen LogP contribution is -2.11. The van der Waals surface area contributed by atoms with Crippen molar-refractivity contribution in [2.45, 2.75) is 11.5 Å². The van der Waals surface area contributed by atoms with Crippen LogP contribution in [0, 0.1) is 12.3 Å². The maximum atomic E-state index is 8.56. The summed E-state index contributed by atoms with van der Waals surface area (Å²) in [6.45, 7) is 0.0584. The van der Waals surface area contributed by atoms with Crippen molar-refractivity contribution in [3.8, 4) is 12.3 Å². The monoisotopic (exact) mass is 144 g/mol. The van der Waals surface area contributed by atoms with E-state index in [4.69, 9.17) is 16.3 Å². The zero-order chi connectivity index (χ0) is 6.69. The lowest BCUT2D eigenvalue weighted by Gasteiger charge is -2.03. The molecule has 1 saturated heterocycles. The predicted octanol–water partition coefficient (Wildman–Crippen LogP) is 0.0700. The Balaban J connectivity index is 2.31. The number of rotatable bonds is 1. The number of thioether (sulfide) groups is 1. The van der Waals surface area contributed by atoms with Crippen LogP contribution in [0.5, 0.6) is 0 Å². The van der Waals surface area contributed by atoms with Gasteiger partial charge in [-0.25, -0.2) is 0 Å². The smallest absolute Gasteiger partial charge is 0.128 e. The minimum Gasteiger partial charge on any atom is -0.393 e. The topological polar surface area (TPSA) is 29.5 Å². The van der Waals surface area contributed by atoms with E-state index in [0.29, 0.717) is 0 Å². The van der Waals surface area contributed by atoms with Gasteiger partial charge >= 0.3 is 0 Å². The van der Waals surface area contributed by atoms with Crippen LogP contribution in [-0.4, -0.2) is 29.0 Å². The summed E-state index contributed by atoms with van der Waals surface area (Å²) in [4.78, 5) is 0. The minimum atomic E-state index is -0.0916. The number of aliphatic hydroxyl groups is 1. The van der Waals surface area contributed by atoms with Gasteiger partial charge in [-0.1, -0.05) is 5.92 Å². The molecule has 1 rings (SSSR count). The van der Waals surface area contributed by atoms with Crippen molar-refractivity contribution >= 4 is 11.8 Å². The van der Waals surface area contributed by atoms with Crippen LogP contribution < -0.4 is 0 Å². The van der Waals surface area contributed by atoms with Crippen molar-refractivity contribution in [2.75, 3.05) is 12.4 Å². The van der Waals surface area contributed by atoms with Gasteiger partial charge in [0.15, 0.2) is 0 Å². The van der Waals surface area contributed by atoms with Crippen LogP contribution in [0.2, 0.25) is 0 Å². The minimum absolute atomic E-state index is 0.0584. The number of aliphatic hydroxyl groups excluding tert-OH is 1. The summed E-state index contributed by atoms with van der Waals surface area (Å²) < 4.78 is 5.14. The lowest BCUT2D eigenvalue weighted by molar-refractivity contribution is 0.0622. The van der Waals surface area contributed by atoms with Gasteiger partial charge in [-0.3, -0.25) is 0 Å². The van der Waals surface area contributed by atoms with Crippen LogP contribution in [0.25, 0.3) is 0 Å². The molecule has 1 N–H and O–H groups in total. The summed E-state index contributed by atoms with van der Waals surface area (Å²) in [5, 5.41) is 8.56. The largest absolute Gasteiger partial charge is 0.393 e. The average molecular weight is 144 g/mol. The van der Waals surface area contributed by atoms with Crippen molar-refractivity contribution in [1.29, 1.82) is 0 Å². The Kier molecular flexibility index (Phi) is 2.40. The first-order chi connectivity index (χ1) is 4.36. The van der Waals surface area contributed by atoms with Gasteiger partial charge < -0.3 is 9.84 Å². The summed E-state index contributed by atoms with van der Waals surface area (Å²) in [6, 6.07) is 0. The molecule has 1 aliphatic heterocycles. The molecule has 0 radical (unpaired) electrons. The number of hydrogen-bond donors (Lipinski definition) is 1. The first-order valence-electron chi connectivity index (χ1n) is 2.71. The Bertz CT molecular complexity index is 130. The zero-order valence-electron chi connectivity index (χ0n) is 4.91. The first kappa shape index (κ1) is 6.94. The molecule has 2 nitrogen and oxygen atoms in total. The standard InChI is InChI=1S/C6H8O2S/c1-2-5-4-9-6(3-7)8-5/h1,5-7H,3-4H2/t5-,6?/m0/s1. The third-order valence-electron chi connectivity index (χ3n) is 1.08. The van der Waals surface area contributed by atoms with Crippen LogP contribution in [0.1, 0.15) is 0 Å². The summed E-state index contributed by atoms with van der Waals surface area (Å²) in [5.41, 5.74) is -0.0916. The van der Waals surface area contributed by atoms with Crippen molar-refractivity contribution in [3.05, 3.63) is 0 Å². The molecular formula is C6H8O2S. The summed E-state index contributed by atoms with van der Waals surface area (Å²) in [7, 11) is 0. The van der Waals surface area contributed by atoms with Gasteiger partial charge in [0, 0.05) is 5.75 Å². The second kappa shape index (κ2) is 3.11. The molecule has 0 bridgehead atoms. The van der Waals surface area contributed by atoms with Gasteiger partial charge in [0.2, 0.25) is 0 Å². The number of ether oxygens (including phenoxy) is 1. The normalized spacial score (nSPS) is 34.2. The van der Waals surface area contributed by atoms with E-state index in [1.807, 2.05) is 0 Å². The molecule has 2 atom stereocenters. The van der Waals surface area contributed by atoms with E-state index in [-0.39, 0.29) is 18.1 Å². The summed E-state index contributed by atoms with van der Waals surface area (Å²) in [5.74, 6) is 3.28. The fraction of sp³-hybridized carbons (Fsp3) is 0.667. The SMILES string of the molecule is C#C[C@H]1CSC(CO)O1. The highest BCUT2D eigenvalue weighted by molar-refractivity contribution is 8.00. The van der Waals surface area contributed by atoms with Crippen LogP contribution in [0.15, 0.2) is 0 Å². The molecule has 0 aliphatic carbocycles. The van der Waals surface area contributed by atoms with Gasteiger partial charge in [0.1, 0.15) is 11.5 Å². The van der Waals surface area contributed by atoms with Crippen LogP contribution >= 0.6 is 11.8 Å². The molecule has 0 spiro atoms. The molecule has 1 aliphatic rings. The van der Waals surface area contributed by atoms with Gasteiger partial charge in [0.25, 0.3) is 0 Å². The van der Waals surface area contributed by atoms with Crippen LogP contribution in [0.3, 0.4) is 0 Å². The Morgan fingerprint density at radius 2 is 2.67 bits per heavy atom. The molecule has 1 fully saturated rings. The van der Waals surface area contributed by atoms with E-state index >= 15 is 0 Å². The van der Waals surface area contributed by atoms with E-state index in [2.05, 4.69) is 5.92 Å². The molecule has 1 unspecified atom stereocenters. The Hall–Kier alpha value is -0.170. The first-order valence-corrected chi connectivity index (χ1v) is 3.75. The highest BCUT2D eigenvalue weighted by Crippen LogP contribution is 2.23. The lowest BCUT2D eigenvalue weighted by atomic mass is 10.4. The van der Waals surface area contributed by atoms with E-state index in [9.17, 15) is 0 Å². The van der Waals surface area contributed by atoms with Gasteiger partial charge in [-0.05, 0) is 0 Å². The molecule has 0 aromatic rings. The Labute approximate surface area is 58.6 Å². The molecule has 0 saturated carbocycles. The van der Waals surface area contributed by atoms with Crippen molar-refractivity contribution in [3.63, 3.8) is 0 Å². The van der Waals surface area contributed by atoms with E-state index in [0.717, 1.165) is 5.75 Å². The molecule has 0 amide bonds. The van der Waals surface area contributed by atoms with Gasteiger partial charge in [0.05, 0.1) is 6.61 Å². The molecule has 50 valence electrons. The summed E-state index contributed by atoms with van der Waals surface area (Å²) >= 11 is 1.56. The molecule has 0 aromatic heterocycles. The van der Waals surface area contributed by atoms with Crippen molar-refractivity contribution in [1.82, 2.24) is 0 Å². The fourth-order valence-corrected chi connectivity index (χ4v) is 1.52. The average Bonchev–Trinajstić information content (AvgIpc) is 2.34. The molecule has 1 heterocycles. The molecule has 0 aromatic carbocycles. The predicted molar refractivity (Wildman–Crippen MR) is 37.0 cm³/mol. The molecule has 3 heteroatoms. The van der Waals surface area contributed by atoms with E-state index in [1.54, 1.807) is 11.8 Å².